The molecule has 0 aliphatic heterocycles. The van der Waals surface area contributed by atoms with Crippen molar-refractivity contribution in [3.63, 3.8) is 0 Å². The van der Waals surface area contributed by atoms with Crippen LogP contribution in [-0.2, 0) is 9.59 Å². The highest BCUT2D eigenvalue weighted by Gasteiger charge is 2.70. The molecule has 0 aromatic heterocycles. The van der Waals surface area contributed by atoms with E-state index in [9.17, 15) is 24.9 Å². The molecule has 5 nitrogen and oxygen atoms in total. The van der Waals surface area contributed by atoms with Gasteiger partial charge in [0.15, 0.2) is 0 Å². The standard InChI is InChI=1S/C30H50O5/c1-18(2)19-10-13-30(17-31)15-14-28(6)20(24(19)30)8-9-22-27(5,16-23(32)33)21(11-12-29(22,28)7)26(3,4)25(34)35/h18-22,24,31H,8-17H2,1-7H3,(H,32,33)(H,34,35)/t19-,20?,21?,22+,24?,27-,28+,29+,30+/m0/s1. The van der Waals surface area contributed by atoms with Crippen LogP contribution < -0.4 is 0 Å². The van der Waals surface area contributed by atoms with Gasteiger partial charge in [0.25, 0.3) is 0 Å². The molecule has 0 aromatic rings. The van der Waals surface area contributed by atoms with E-state index in [-0.39, 0.29) is 34.5 Å². The number of carbonyl (C=O) groups is 2. The Bertz CT molecular complexity index is 865. The predicted octanol–water partition coefficient (Wildman–Crippen LogP) is 6.48. The predicted molar refractivity (Wildman–Crippen MR) is 137 cm³/mol. The van der Waals surface area contributed by atoms with Crippen molar-refractivity contribution in [3.8, 4) is 0 Å². The summed E-state index contributed by atoms with van der Waals surface area (Å²) in [6.07, 6.45) is 8.30. The Morgan fingerprint density at radius 1 is 0.914 bits per heavy atom. The second-order valence-electron chi connectivity index (χ2n) is 14.8. The van der Waals surface area contributed by atoms with Crippen LogP contribution in [0.3, 0.4) is 0 Å². The Balaban J connectivity index is 1.79. The molecule has 4 saturated carbocycles. The normalized spacial score (nSPS) is 47.6. The summed E-state index contributed by atoms with van der Waals surface area (Å²) in [7, 11) is 0. The van der Waals surface area contributed by atoms with Crippen molar-refractivity contribution in [2.45, 2.75) is 106 Å². The molecule has 3 unspecified atom stereocenters. The van der Waals surface area contributed by atoms with E-state index in [0.717, 1.165) is 44.9 Å². The van der Waals surface area contributed by atoms with Crippen LogP contribution >= 0.6 is 0 Å². The quantitative estimate of drug-likeness (QED) is 0.396. The zero-order valence-corrected chi connectivity index (χ0v) is 23.2. The lowest BCUT2D eigenvalue weighted by Gasteiger charge is -2.71. The van der Waals surface area contributed by atoms with Gasteiger partial charge in [0.05, 0.1) is 11.8 Å². The fourth-order valence-electron chi connectivity index (χ4n) is 11.1. The van der Waals surface area contributed by atoms with Crippen LogP contribution in [0.2, 0.25) is 0 Å². The topological polar surface area (TPSA) is 94.8 Å². The molecular weight excluding hydrogens is 440 g/mol. The number of hydrogen-bond acceptors (Lipinski definition) is 3. The first-order chi connectivity index (χ1) is 16.1. The number of carboxylic acid groups (broad SMARTS) is 2. The Kier molecular flexibility index (Phi) is 6.52. The number of rotatable bonds is 6. The molecule has 4 aliphatic carbocycles. The van der Waals surface area contributed by atoms with Crippen LogP contribution in [0.4, 0.5) is 0 Å². The molecule has 35 heavy (non-hydrogen) atoms. The first-order valence-corrected chi connectivity index (χ1v) is 14.2. The van der Waals surface area contributed by atoms with Crippen molar-refractivity contribution in [1.29, 1.82) is 0 Å². The molecule has 0 aromatic carbocycles. The van der Waals surface area contributed by atoms with Crippen LogP contribution in [-0.4, -0.2) is 33.9 Å². The van der Waals surface area contributed by atoms with Gasteiger partial charge in [-0.1, -0.05) is 34.6 Å². The Labute approximate surface area is 212 Å². The van der Waals surface area contributed by atoms with Gasteiger partial charge < -0.3 is 15.3 Å². The lowest BCUT2D eigenvalue weighted by atomic mass is 9.33. The van der Waals surface area contributed by atoms with Crippen molar-refractivity contribution >= 4 is 11.9 Å². The van der Waals surface area contributed by atoms with Crippen molar-refractivity contribution in [2.24, 2.45) is 62.6 Å². The van der Waals surface area contributed by atoms with Gasteiger partial charge in [-0.25, -0.2) is 0 Å². The maximum absolute atomic E-state index is 12.3. The molecule has 0 saturated heterocycles. The third kappa shape index (κ3) is 3.56. The molecule has 4 aliphatic rings. The van der Waals surface area contributed by atoms with Gasteiger partial charge in [-0.2, -0.15) is 0 Å². The Hall–Kier alpha value is -1.10. The summed E-state index contributed by atoms with van der Waals surface area (Å²) in [4.78, 5) is 24.6. The molecule has 0 bridgehead atoms. The summed E-state index contributed by atoms with van der Waals surface area (Å²) < 4.78 is 0. The van der Waals surface area contributed by atoms with E-state index < -0.39 is 22.8 Å². The van der Waals surface area contributed by atoms with Gasteiger partial charge >= 0.3 is 11.9 Å². The Morgan fingerprint density at radius 3 is 2.11 bits per heavy atom. The van der Waals surface area contributed by atoms with Crippen LogP contribution in [0.15, 0.2) is 0 Å². The molecule has 0 amide bonds. The van der Waals surface area contributed by atoms with Crippen molar-refractivity contribution in [2.75, 3.05) is 6.61 Å². The molecular formula is C30H50O5. The van der Waals surface area contributed by atoms with Crippen LogP contribution in [0.5, 0.6) is 0 Å². The average molecular weight is 491 g/mol. The third-order valence-electron chi connectivity index (χ3n) is 13.0. The molecule has 9 atom stereocenters. The maximum Gasteiger partial charge on any atom is 0.309 e. The number of aliphatic hydroxyl groups excluding tert-OH is 1. The number of hydrogen-bond donors (Lipinski definition) is 3. The van der Waals surface area contributed by atoms with Crippen molar-refractivity contribution in [1.82, 2.24) is 0 Å². The smallest absolute Gasteiger partial charge is 0.309 e. The fourth-order valence-corrected chi connectivity index (χ4v) is 11.1. The second-order valence-corrected chi connectivity index (χ2v) is 14.8. The van der Waals surface area contributed by atoms with E-state index in [1.807, 2.05) is 0 Å². The largest absolute Gasteiger partial charge is 0.481 e. The second kappa shape index (κ2) is 8.46. The third-order valence-corrected chi connectivity index (χ3v) is 13.0. The first kappa shape index (κ1) is 26.9. The summed E-state index contributed by atoms with van der Waals surface area (Å²) >= 11 is 0. The van der Waals surface area contributed by atoms with Crippen molar-refractivity contribution < 1.29 is 24.9 Å². The van der Waals surface area contributed by atoms with E-state index in [2.05, 4.69) is 34.6 Å². The van der Waals surface area contributed by atoms with E-state index in [4.69, 9.17) is 0 Å². The van der Waals surface area contributed by atoms with Gasteiger partial charge in [0.2, 0.25) is 0 Å². The maximum atomic E-state index is 12.3. The van der Waals surface area contributed by atoms with E-state index >= 15 is 0 Å². The first-order valence-electron chi connectivity index (χ1n) is 14.2. The van der Waals surface area contributed by atoms with Crippen LogP contribution in [0.25, 0.3) is 0 Å². The van der Waals surface area contributed by atoms with E-state index in [0.29, 0.717) is 30.3 Å². The SMILES string of the molecule is CC(C)[C@@H]1CC[C@]2(CO)CC[C@]3(C)C(CC[C@@H]4[C@@](C)(CC(=O)O)C(C(C)(C)C(=O)O)CC[C@]43C)C12. The highest BCUT2D eigenvalue weighted by atomic mass is 16.4. The fraction of sp³-hybridized carbons (Fsp3) is 0.933. The number of aliphatic carboxylic acids is 2. The molecule has 4 fully saturated rings. The summed E-state index contributed by atoms with van der Waals surface area (Å²) in [5, 5.41) is 30.8. The lowest BCUT2D eigenvalue weighted by molar-refractivity contribution is -0.236. The number of fused-ring (bicyclic) bond motifs is 5. The molecule has 4 rings (SSSR count). The highest BCUT2D eigenvalue weighted by molar-refractivity contribution is 5.75. The lowest BCUT2D eigenvalue weighted by Crippen LogP contribution is -2.65. The molecule has 200 valence electrons. The minimum atomic E-state index is -0.962. The van der Waals surface area contributed by atoms with Gasteiger partial charge in [-0.15, -0.1) is 0 Å². The molecule has 0 heterocycles. The molecule has 0 spiro atoms. The molecule has 3 N–H and O–H groups in total. The molecule has 0 radical (unpaired) electrons. The van der Waals surface area contributed by atoms with Gasteiger partial charge in [0.1, 0.15) is 0 Å². The van der Waals surface area contributed by atoms with Crippen LogP contribution in [0.1, 0.15) is 106 Å². The number of aliphatic hydroxyl groups is 1. The summed E-state index contributed by atoms with van der Waals surface area (Å²) in [6, 6.07) is 0. The zero-order chi connectivity index (χ0) is 26.2. The van der Waals surface area contributed by atoms with Gasteiger partial charge in [-0.3, -0.25) is 9.59 Å². The summed E-state index contributed by atoms with van der Waals surface area (Å²) in [6.45, 7) is 15.6. The minimum Gasteiger partial charge on any atom is -0.481 e. The summed E-state index contributed by atoms with van der Waals surface area (Å²) in [5.41, 5.74) is -1.43. The van der Waals surface area contributed by atoms with E-state index in [1.165, 1.54) is 6.42 Å². The van der Waals surface area contributed by atoms with Gasteiger partial charge in [0, 0.05) is 6.61 Å². The van der Waals surface area contributed by atoms with E-state index in [1.54, 1.807) is 13.8 Å². The average Bonchev–Trinajstić information content (AvgIpc) is 3.14. The zero-order valence-electron chi connectivity index (χ0n) is 23.2. The highest BCUT2D eigenvalue weighted by Crippen LogP contribution is 2.76. The molecule has 5 heteroatoms. The van der Waals surface area contributed by atoms with Crippen molar-refractivity contribution in [3.05, 3.63) is 0 Å². The van der Waals surface area contributed by atoms with Crippen LogP contribution in [0, 0.1) is 62.6 Å². The van der Waals surface area contributed by atoms with Gasteiger partial charge in [-0.05, 0) is 122 Å². The Morgan fingerprint density at radius 2 is 1.57 bits per heavy atom. The summed E-state index contributed by atoms with van der Waals surface area (Å²) in [5.74, 6) is 0.695. The minimum absolute atomic E-state index is 0.0308. The monoisotopic (exact) mass is 490 g/mol. The number of carboxylic acids is 2.